The van der Waals surface area contributed by atoms with E-state index in [9.17, 15) is 4.79 Å². The Bertz CT molecular complexity index is 1070. The Morgan fingerprint density at radius 1 is 1.27 bits per heavy atom. The first-order valence-electron chi connectivity index (χ1n) is 9.90. The Morgan fingerprint density at radius 3 is 2.77 bits per heavy atom. The summed E-state index contributed by atoms with van der Waals surface area (Å²) >= 11 is 3.24. The van der Waals surface area contributed by atoms with E-state index in [4.69, 9.17) is 9.84 Å². The number of allylic oxidation sites excluding steroid dienone is 1. The maximum atomic E-state index is 13.2. The van der Waals surface area contributed by atoms with Crippen LogP contribution in [0.5, 0.6) is 0 Å². The predicted octanol–water partition coefficient (Wildman–Crippen LogP) is 5.18. The summed E-state index contributed by atoms with van der Waals surface area (Å²) in [5.74, 6) is 1.26. The van der Waals surface area contributed by atoms with E-state index in [1.54, 1.807) is 23.1 Å². The second kappa shape index (κ2) is 9.06. The molecular formula is C22H24N4O2S2. The quantitative estimate of drug-likeness (QED) is 0.403. The molecule has 30 heavy (non-hydrogen) atoms. The van der Waals surface area contributed by atoms with E-state index < -0.39 is 0 Å². The topological polar surface area (TPSA) is 69.0 Å². The van der Waals surface area contributed by atoms with Gasteiger partial charge in [0, 0.05) is 16.3 Å². The van der Waals surface area contributed by atoms with Gasteiger partial charge in [0.2, 0.25) is 11.1 Å². The highest BCUT2D eigenvalue weighted by atomic mass is 32.2. The first-order chi connectivity index (χ1) is 14.6. The number of ether oxygens (including phenoxy) is 1. The molecule has 2 aromatic heterocycles. The molecule has 0 saturated carbocycles. The van der Waals surface area contributed by atoms with Gasteiger partial charge < -0.3 is 10.1 Å². The summed E-state index contributed by atoms with van der Waals surface area (Å²) in [6.07, 6.45) is 1.05. The number of benzene rings is 1. The van der Waals surface area contributed by atoms with Crippen molar-refractivity contribution in [2.45, 2.75) is 45.0 Å². The second-order valence-electron chi connectivity index (χ2n) is 7.11. The molecule has 1 aliphatic heterocycles. The zero-order chi connectivity index (χ0) is 21.1. The van der Waals surface area contributed by atoms with Gasteiger partial charge in [-0.05, 0) is 42.8 Å². The molecule has 0 saturated heterocycles. The molecule has 0 amide bonds. The average Bonchev–Trinajstić information content (AvgIpc) is 3.35. The smallest absolute Gasteiger partial charge is 0.338 e. The summed E-state index contributed by atoms with van der Waals surface area (Å²) in [5, 5.41) is 10.7. The van der Waals surface area contributed by atoms with Gasteiger partial charge in [0.05, 0.1) is 5.57 Å². The Kier molecular flexibility index (Phi) is 6.24. The molecular weight excluding hydrogens is 416 g/mol. The van der Waals surface area contributed by atoms with Crippen LogP contribution in [0.1, 0.15) is 42.3 Å². The molecule has 1 N–H and O–H groups in total. The van der Waals surface area contributed by atoms with Crippen molar-refractivity contribution in [3.8, 4) is 0 Å². The maximum absolute atomic E-state index is 13.2. The molecule has 0 aliphatic carbocycles. The van der Waals surface area contributed by atoms with E-state index >= 15 is 0 Å². The molecule has 0 fully saturated rings. The minimum Gasteiger partial charge on any atom is -0.457 e. The Morgan fingerprint density at radius 2 is 2.07 bits per heavy atom. The number of carbonyl (C=O) groups excluding carboxylic acids is 1. The van der Waals surface area contributed by atoms with Gasteiger partial charge in [-0.25, -0.2) is 9.48 Å². The lowest BCUT2D eigenvalue weighted by atomic mass is 10.00. The van der Waals surface area contributed by atoms with Gasteiger partial charge >= 0.3 is 5.97 Å². The van der Waals surface area contributed by atoms with Crippen molar-refractivity contribution in [3.63, 3.8) is 0 Å². The molecule has 4 rings (SSSR count). The normalized spacial score (nSPS) is 15.6. The predicted molar refractivity (Wildman–Crippen MR) is 121 cm³/mol. The number of nitrogens with zero attached hydrogens (tertiary/aromatic N) is 3. The summed E-state index contributed by atoms with van der Waals surface area (Å²) in [5.41, 5.74) is 3.40. The van der Waals surface area contributed by atoms with Gasteiger partial charge in [0.15, 0.2) is 0 Å². The van der Waals surface area contributed by atoms with E-state index in [2.05, 4.69) is 30.2 Å². The molecule has 8 heteroatoms. The minimum absolute atomic E-state index is 0.231. The van der Waals surface area contributed by atoms with E-state index in [-0.39, 0.29) is 18.6 Å². The Hall–Kier alpha value is -2.58. The fourth-order valence-electron chi connectivity index (χ4n) is 3.36. The SMILES string of the molecule is CCCSc1nc2n(n1)C(c1sccc1C)C(C(=O)OCc1ccccc1)=C(C)N2. The van der Waals surface area contributed by atoms with Gasteiger partial charge in [-0.2, -0.15) is 4.98 Å². The zero-order valence-corrected chi connectivity index (χ0v) is 18.8. The number of aryl methyl sites for hydroxylation is 1. The maximum Gasteiger partial charge on any atom is 0.338 e. The highest BCUT2D eigenvalue weighted by Crippen LogP contribution is 2.40. The number of hydrogen-bond acceptors (Lipinski definition) is 7. The molecule has 0 bridgehead atoms. The number of esters is 1. The first kappa shape index (κ1) is 20.7. The Labute approximate surface area is 184 Å². The minimum atomic E-state index is -0.354. The van der Waals surface area contributed by atoms with E-state index in [0.717, 1.165) is 33.9 Å². The van der Waals surface area contributed by atoms with E-state index in [1.807, 2.05) is 47.3 Å². The third-order valence-electron chi connectivity index (χ3n) is 4.85. The molecule has 3 aromatic rings. The molecule has 3 heterocycles. The highest BCUT2D eigenvalue weighted by Gasteiger charge is 2.36. The molecule has 1 aromatic carbocycles. The summed E-state index contributed by atoms with van der Waals surface area (Å²) in [7, 11) is 0. The van der Waals surface area contributed by atoms with Gasteiger partial charge in [0.1, 0.15) is 12.6 Å². The van der Waals surface area contributed by atoms with Crippen LogP contribution in [-0.4, -0.2) is 26.5 Å². The second-order valence-corrected chi connectivity index (χ2v) is 9.12. The third kappa shape index (κ3) is 4.15. The first-order valence-corrected chi connectivity index (χ1v) is 11.8. The van der Waals surface area contributed by atoms with Gasteiger partial charge in [-0.3, -0.25) is 0 Å². The van der Waals surface area contributed by atoms with E-state index in [1.165, 1.54) is 0 Å². The van der Waals surface area contributed by atoms with Crippen molar-refractivity contribution < 1.29 is 9.53 Å². The van der Waals surface area contributed by atoms with Crippen molar-refractivity contribution in [2.75, 3.05) is 11.1 Å². The molecule has 0 radical (unpaired) electrons. The van der Waals surface area contributed by atoms with Crippen LogP contribution in [0.2, 0.25) is 0 Å². The molecule has 156 valence electrons. The monoisotopic (exact) mass is 440 g/mol. The van der Waals surface area contributed by atoms with Crippen LogP contribution in [0.25, 0.3) is 0 Å². The molecule has 1 atom stereocenters. The lowest BCUT2D eigenvalue weighted by Gasteiger charge is -2.27. The Balaban J connectivity index is 1.68. The van der Waals surface area contributed by atoms with Gasteiger partial charge in [0.25, 0.3) is 0 Å². The van der Waals surface area contributed by atoms with Crippen molar-refractivity contribution in [1.29, 1.82) is 0 Å². The average molecular weight is 441 g/mol. The van der Waals surface area contributed by atoms with Crippen LogP contribution >= 0.6 is 23.1 Å². The van der Waals surface area contributed by atoms with Gasteiger partial charge in [-0.1, -0.05) is 49.0 Å². The number of fused-ring (bicyclic) bond motifs is 1. The highest BCUT2D eigenvalue weighted by molar-refractivity contribution is 7.99. The van der Waals surface area contributed by atoms with Crippen LogP contribution < -0.4 is 5.32 Å². The fourth-order valence-corrected chi connectivity index (χ4v) is 5.06. The van der Waals surface area contributed by atoms with Crippen molar-refractivity contribution in [1.82, 2.24) is 14.8 Å². The number of hydrogen-bond donors (Lipinski definition) is 1. The number of thiophene rings is 1. The number of nitrogens with one attached hydrogen (secondary N) is 1. The van der Waals surface area contributed by atoms with Crippen LogP contribution in [0.3, 0.4) is 0 Å². The number of aromatic nitrogens is 3. The summed E-state index contributed by atoms with van der Waals surface area (Å²) in [6, 6.07) is 11.4. The van der Waals surface area contributed by atoms with Crippen LogP contribution in [0.4, 0.5) is 5.95 Å². The van der Waals surface area contributed by atoms with Crippen LogP contribution in [0, 0.1) is 6.92 Å². The standard InChI is InChI=1S/C22H24N4O2S2/c1-4-11-30-22-24-21-23-15(3)17(20(27)28-13-16-8-6-5-7-9-16)18(26(21)25-22)19-14(2)10-12-29-19/h5-10,12,18H,4,11,13H2,1-3H3,(H,23,24,25). The number of anilines is 1. The number of thioether (sulfide) groups is 1. The summed E-state index contributed by atoms with van der Waals surface area (Å²) < 4.78 is 7.52. The lowest BCUT2D eigenvalue weighted by Crippen LogP contribution is -2.29. The zero-order valence-electron chi connectivity index (χ0n) is 17.2. The molecule has 1 unspecified atom stereocenters. The summed E-state index contributed by atoms with van der Waals surface area (Å²) in [4.78, 5) is 18.9. The molecule has 6 nitrogen and oxygen atoms in total. The van der Waals surface area contributed by atoms with Crippen LogP contribution in [-0.2, 0) is 16.1 Å². The largest absolute Gasteiger partial charge is 0.457 e. The number of rotatable bonds is 7. The van der Waals surface area contributed by atoms with Crippen molar-refractivity contribution in [2.24, 2.45) is 0 Å². The van der Waals surface area contributed by atoms with Crippen molar-refractivity contribution in [3.05, 3.63) is 69.1 Å². The fraction of sp³-hybridized carbons (Fsp3) is 0.318. The third-order valence-corrected chi connectivity index (χ3v) is 6.97. The lowest BCUT2D eigenvalue weighted by molar-refractivity contribution is -0.140. The molecule has 0 spiro atoms. The van der Waals surface area contributed by atoms with E-state index in [0.29, 0.717) is 16.7 Å². The number of carbonyl (C=O) groups is 1. The van der Waals surface area contributed by atoms with Gasteiger partial charge in [-0.15, -0.1) is 16.4 Å². The van der Waals surface area contributed by atoms with Crippen LogP contribution in [0.15, 0.2) is 58.2 Å². The molecule has 1 aliphatic rings. The van der Waals surface area contributed by atoms with Crippen molar-refractivity contribution >= 4 is 35.0 Å². The summed E-state index contributed by atoms with van der Waals surface area (Å²) in [6.45, 7) is 6.31.